The Morgan fingerprint density at radius 3 is 2.79 bits per heavy atom. The molecule has 1 heterocycles. The maximum atomic E-state index is 5.82. The molecule has 0 bridgehead atoms. The van der Waals surface area contributed by atoms with Crippen LogP contribution in [0.1, 0.15) is 11.6 Å². The van der Waals surface area contributed by atoms with Gasteiger partial charge in [0, 0.05) is 24.3 Å². The van der Waals surface area contributed by atoms with Crippen LogP contribution in [0.2, 0.25) is 0 Å². The lowest BCUT2D eigenvalue weighted by atomic mass is 10.1. The lowest BCUT2D eigenvalue weighted by Crippen LogP contribution is -2.20. The second-order valence-electron chi connectivity index (χ2n) is 3.17. The van der Waals surface area contributed by atoms with Crippen LogP contribution in [-0.4, -0.2) is 11.5 Å². The number of benzene rings is 1. The normalized spacial score (nSPS) is 12.4. The highest BCUT2D eigenvalue weighted by Crippen LogP contribution is 2.17. The van der Waals surface area contributed by atoms with Crippen molar-refractivity contribution in [3.8, 4) is 0 Å². The van der Waals surface area contributed by atoms with Crippen LogP contribution in [0.3, 0.4) is 0 Å². The minimum absolute atomic E-state index is 0. The van der Waals surface area contributed by atoms with Crippen molar-refractivity contribution in [2.45, 2.75) is 6.04 Å². The predicted molar refractivity (Wildman–Crippen MR) is 61.5 cm³/mol. The molecule has 0 saturated heterocycles. The molecule has 0 aliphatic rings. The SMILES string of the molecule is Cl.NC[C@H](N)c1ccc2[nH]ccc2c1. The summed E-state index contributed by atoms with van der Waals surface area (Å²) in [6.45, 7) is 0.482. The summed E-state index contributed by atoms with van der Waals surface area (Å²) in [6.07, 6.45) is 1.92. The Hall–Kier alpha value is -1.03. The summed E-state index contributed by atoms with van der Waals surface area (Å²) in [4.78, 5) is 3.13. The second-order valence-corrected chi connectivity index (χ2v) is 3.17. The Balaban J connectivity index is 0.000000980. The highest BCUT2D eigenvalue weighted by Gasteiger charge is 2.03. The molecule has 0 aliphatic heterocycles. The van der Waals surface area contributed by atoms with Gasteiger partial charge < -0.3 is 16.5 Å². The van der Waals surface area contributed by atoms with Crippen molar-refractivity contribution in [2.75, 3.05) is 6.54 Å². The second kappa shape index (κ2) is 4.46. The largest absolute Gasteiger partial charge is 0.361 e. The zero-order valence-electron chi connectivity index (χ0n) is 7.73. The summed E-state index contributed by atoms with van der Waals surface area (Å²) in [5, 5.41) is 1.18. The molecule has 0 fully saturated rings. The third-order valence-electron chi connectivity index (χ3n) is 2.26. The zero-order chi connectivity index (χ0) is 9.26. The minimum atomic E-state index is -0.0562. The highest BCUT2D eigenvalue weighted by atomic mass is 35.5. The number of aromatic amines is 1. The number of hydrogen-bond donors (Lipinski definition) is 3. The molecule has 1 aromatic heterocycles. The van der Waals surface area contributed by atoms with Crippen molar-refractivity contribution < 1.29 is 0 Å². The molecule has 1 aromatic carbocycles. The molecule has 0 aliphatic carbocycles. The summed E-state index contributed by atoms with van der Waals surface area (Å²) < 4.78 is 0. The number of halogens is 1. The third kappa shape index (κ3) is 1.90. The van der Waals surface area contributed by atoms with E-state index in [0.717, 1.165) is 11.1 Å². The van der Waals surface area contributed by atoms with Crippen LogP contribution in [0.4, 0.5) is 0 Å². The molecule has 0 saturated carbocycles. The van der Waals surface area contributed by atoms with Crippen molar-refractivity contribution in [2.24, 2.45) is 11.5 Å². The fourth-order valence-corrected chi connectivity index (χ4v) is 1.44. The van der Waals surface area contributed by atoms with E-state index in [-0.39, 0.29) is 18.4 Å². The minimum Gasteiger partial charge on any atom is -0.361 e. The number of rotatable bonds is 2. The molecule has 2 aromatic rings. The average Bonchev–Trinajstić information content (AvgIpc) is 2.63. The smallest absolute Gasteiger partial charge is 0.0454 e. The summed E-state index contributed by atoms with van der Waals surface area (Å²) in [5.41, 5.74) is 13.5. The van der Waals surface area contributed by atoms with Gasteiger partial charge >= 0.3 is 0 Å². The highest BCUT2D eigenvalue weighted by molar-refractivity contribution is 5.85. The fraction of sp³-hybridized carbons (Fsp3) is 0.200. The van der Waals surface area contributed by atoms with Gasteiger partial charge in [-0.2, -0.15) is 0 Å². The van der Waals surface area contributed by atoms with E-state index in [4.69, 9.17) is 11.5 Å². The van der Waals surface area contributed by atoms with Crippen molar-refractivity contribution >= 4 is 23.3 Å². The van der Waals surface area contributed by atoms with Crippen molar-refractivity contribution in [1.29, 1.82) is 0 Å². The fourth-order valence-electron chi connectivity index (χ4n) is 1.44. The van der Waals surface area contributed by atoms with E-state index in [1.54, 1.807) is 0 Å². The van der Waals surface area contributed by atoms with Crippen molar-refractivity contribution in [1.82, 2.24) is 4.98 Å². The van der Waals surface area contributed by atoms with Crippen LogP contribution in [0.5, 0.6) is 0 Å². The van der Waals surface area contributed by atoms with Crippen LogP contribution in [0, 0.1) is 0 Å². The molecule has 5 N–H and O–H groups in total. The van der Waals surface area contributed by atoms with E-state index in [0.29, 0.717) is 6.54 Å². The van der Waals surface area contributed by atoms with E-state index in [1.807, 2.05) is 24.4 Å². The molecule has 3 nitrogen and oxygen atoms in total. The molecule has 14 heavy (non-hydrogen) atoms. The standard InChI is InChI=1S/C10H13N3.ClH/c11-6-9(12)7-1-2-10-8(5-7)3-4-13-10;/h1-5,9,13H,6,11-12H2;1H/t9-;/m0./s1. The molecule has 2 rings (SSSR count). The van der Waals surface area contributed by atoms with E-state index in [2.05, 4.69) is 11.1 Å². The molecule has 1 atom stereocenters. The Kier molecular flexibility index (Phi) is 3.52. The molecular weight excluding hydrogens is 198 g/mol. The Morgan fingerprint density at radius 2 is 2.07 bits per heavy atom. The van der Waals surface area contributed by atoms with Gasteiger partial charge in [0.25, 0.3) is 0 Å². The molecular formula is C10H14ClN3. The maximum absolute atomic E-state index is 5.82. The Bertz CT molecular complexity index is 410. The topological polar surface area (TPSA) is 67.8 Å². The molecule has 0 spiro atoms. The first-order valence-corrected chi connectivity index (χ1v) is 4.34. The van der Waals surface area contributed by atoms with E-state index in [1.165, 1.54) is 5.39 Å². The number of nitrogens with two attached hydrogens (primary N) is 2. The van der Waals surface area contributed by atoms with Gasteiger partial charge in [-0.05, 0) is 29.1 Å². The van der Waals surface area contributed by atoms with E-state index >= 15 is 0 Å². The van der Waals surface area contributed by atoms with Crippen LogP contribution in [-0.2, 0) is 0 Å². The van der Waals surface area contributed by atoms with E-state index in [9.17, 15) is 0 Å². The first-order valence-electron chi connectivity index (χ1n) is 4.34. The first kappa shape index (κ1) is 11.0. The molecule has 0 unspecified atom stereocenters. The molecule has 4 heteroatoms. The van der Waals surface area contributed by atoms with Gasteiger partial charge in [-0.15, -0.1) is 12.4 Å². The van der Waals surface area contributed by atoms with Gasteiger partial charge in [-0.3, -0.25) is 0 Å². The molecule has 0 radical (unpaired) electrons. The summed E-state index contributed by atoms with van der Waals surface area (Å²) in [5.74, 6) is 0. The average molecular weight is 212 g/mol. The number of hydrogen-bond acceptors (Lipinski definition) is 2. The van der Waals surface area contributed by atoms with Gasteiger partial charge in [0.05, 0.1) is 0 Å². The number of fused-ring (bicyclic) bond motifs is 1. The monoisotopic (exact) mass is 211 g/mol. The number of aromatic nitrogens is 1. The van der Waals surface area contributed by atoms with Crippen LogP contribution in [0.25, 0.3) is 10.9 Å². The molecule has 0 amide bonds. The van der Waals surface area contributed by atoms with Gasteiger partial charge in [-0.1, -0.05) is 6.07 Å². The quantitative estimate of drug-likeness (QED) is 0.706. The van der Waals surface area contributed by atoms with Gasteiger partial charge in [0.2, 0.25) is 0 Å². The number of H-pyrrole nitrogens is 1. The predicted octanol–water partition coefficient (Wildman–Crippen LogP) is 1.55. The van der Waals surface area contributed by atoms with E-state index < -0.39 is 0 Å². The summed E-state index contributed by atoms with van der Waals surface area (Å²) in [7, 11) is 0. The lowest BCUT2D eigenvalue weighted by molar-refractivity contribution is 0.738. The first-order chi connectivity index (χ1) is 6.31. The third-order valence-corrected chi connectivity index (χ3v) is 2.26. The molecule has 76 valence electrons. The summed E-state index contributed by atoms with van der Waals surface area (Å²) in [6, 6.07) is 8.08. The van der Waals surface area contributed by atoms with Gasteiger partial charge in [-0.25, -0.2) is 0 Å². The van der Waals surface area contributed by atoms with Gasteiger partial charge in [0.1, 0.15) is 0 Å². The number of nitrogens with one attached hydrogen (secondary N) is 1. The van der Waals surface area contributed by atoms with Crippen molar-refractivity contribution in [3.05, 3.63) is 36.0 Å². The lowest BCUT2D eigenvalue weighted by Gasteiger charge is -2.08. The van der Waals surface area contributed by atoms with Crippen LogP contribution in [0.15, 0.2) is 30.5 Å². The Morgan fingerprint density at radius 1 is 1.29 bits per heavy atom. The van der Waals surface area contributed by atoms with Gasteiger partial charge in [0.15, 0.2) is 0 Å². The summed E-state index contributed by atoms with van der Waals surface area (Å²) >= 11 is 0. The zero-order valence-corrected chi connectivity index (χ0v) is 8.55. The van der Waals surface area contributed by atoms with Crippen LogP contribution >= 0.6 is 12.4 Å². The van der Waals surface area contributed by atoms with Crippen LogP contribution < -0.4 is 11.5 Å². The van der Waals surface area contributed by atoms with Crippen molar-refractivity contribution in [3.63, 3.8) is 0 Å². The maximum Gasteiger partial charge on any atom is 0.0454 e. The Labute approximate surface area is 88.9 Å².